The summed E-state index contributed by atoms with van der Waals surface area (Å²) in [4.78, 5) is 3.91. The minimum absolute atomic E-state index is 0.614. The first-order valence-corrected chi connectivity index (χ1v) is 7.18. The van der Waals surface area contributed by atoms with Crippen LogP contribution in [0.15, 0.2) is 24.5 Å². The second-order valence-corrected chi connectivity index (χ2v) is 6.94. The van der Waals surface area contributed by atoms with Crippen LogP contribution in [0, 0.1) is 0 Å². The Morgan fingerprint density at radius 1 is 1.33 bits per heavy atom. The molecule has 1 heterocycles. The number of aromatic nitrogens is 1. The molecule has 1 aromatic rings. The first-order chi connectivity index (χ1) is 7.04. The lowest BCUT2D eigenvalue weighted by Crippen LogP contribution is -2.18. The fourth-order valence-electron chi connectivity index (χ4n) is 1.68. The van der Waals surface area contributed by atoms with Crippen LogP contribution >= 0.6 is 10.7 Å². The highest BCUT2D eigenvalue weighted by molar-refractivity contribution is 8.15. The monoisotopic (exact) mass is 245 g/mol. The third kappa shape index (κ3) is 2.32. The highest BCUT2D eigenvalue weighted by Crippen LogP contribution is 2.48. The molecule has 0 amide bonds. The Labute approximate surface area is 93.9 Å². The molecule has 1 saturated carbocycles. The summed E-state index contributed by atoms with van der Waals surface area (Å²) in [6.07, 6.45) is 6.18. The van der Waals surface area contributed by atoms with Crippen LogP contribution in [-0.4, -0.2) is 18.1 Å². The average Bonchev–Trinajstić information content (AvgIpc) is 2.96. The van der Waals surface area contributed by atoms with E-state index in [1.54, 1.807) is 12.4 Å². The van der Waals surface area contributed by atoms with Crippen molar-refractivity contribution in [1.82, 2.24) is 4.98 Å². The van der Waals surface area contributed by atoms with E-state index in [-0.39, 0.29) is 0 Å². The summed E-state index contributed by atoms with van der Waals surface area (Å²) in [5.74, 6) is 0. The topological polar surface area (TPSA) is 47.0 Å². The van der Waals surface area contributed by atoms with Crippen molar-refractivity contribution in [2.24, 2.45) is 0 Å². The molecule has 1 aromatic heterocycles. The van der Waals surface area contributed by atoms with Crippen LogP contribution in [0.3, 0.4) is 0 Å². The molecular formula is C10H12ClNO2S. The third-order valence-electron chi connectivity index (χ3n) is 2.94. The molecule has 0 saturated heterocycles. The molecule has 0 aliphatic heterocycles. The number of aryl methyl sites for hydroxylation is 1. The van der Waals surface area contributed by atoms with Gasteiger partial charge in [-0.05, 0) is 43.4 Å². The van der Waals surface area contributed by atoms with Crippen LogP contribution in [-0.2, 0) is 15.5 Å². The minimum atomic E-state index is -3.40. The summed E-state index contributed by atoms with van der Waals surface area (Å²) in [5, 5.41) is 0. The molecule has 1 fully saturated rings. The Morgan fingerprint density at radius 2 is 1.93 bits per heavy atom. The molecular weight excluding hydrogens is 234 g/mol. The molecule has 0 N–H and O–H groups in total. The van der Waals surface area contributed by atoms with E-state index in [4.69, 9.17) is 10.7 Å². The first kappa shape index (κ1) is 10.9. The van der Waals surface area contributed by atoms with Gasteiger partial charge in [-0.1, -0.05) is 0 Å². The summed E-state index contributed by atoms with van der Waals surface area (Å²) >= 11 is 0. The number of pyridine rings is 1. The maximum atomic E-state index is 11.3. The van der Waals surface area contributed by atoms with E-state index in [0.717, 1.165) is 12.0 Å². The molecule has 0 atom stereocenters. The van der Waals surface area contributed by atoms with E-state index < -0.39 is 13.8 Å². The fraction of sp³-hybridized carbons (Fsp3) is 0.500. The fourth-order valence-corrected chi connectivity index (χ4v) is 3.31. The number of nitrogens with zero attached hydrogens (tertiary/aromatic N) is 1. The van der Waals surface area contributed by atoms with Crippen LogP contribution in [0.2, 0.25) is 0 Å². The Balaban J connectivity index is 2.01. The van der Waals surface area contributed by atoms with Crippen molar-refractivity contribution < 1.29 is 8.42 Å². The summed E-state index contributed by atoms with van der Waals surface area (Å²) in [6, 6.07) is 3.80. The zero-order valence-corrected chi connectivity index (χ0v) is 9.76. The largest absolute Gasteiger partial charge is 0.265 e. The zero-order chi connectivity index (χ0) is 10.9. The first-order valence-electron chi connectivity index (χ1n) is 4.87. The van der Waals surface area contributed by atoms with Gasteiger partial charge in [-0.2, -0.15) is 0 Å². The normalized spacial score (nSPS) is 18.7. The van der Waals surface area contributed by atoms with Gasteiger partial charge >= 0.3 is 0 Å². The highest BCUT2D eigenvalue weighted by Gasteiger charge is 2.53. The molecule has 15 heavy (non-hydrogen) atoms. The molecule has 0 aromatic carbocycles. The number of halogens is 1. The van der Waals surface area contributed by atoms with Gasteiger partial charge in [0.2, 0.25) is 9.05 Å². The van der Waals surface area contributed by atoms with Crippen molar-refractivity contribution in [3.05, 3.63) is 30.1 Å². The minimum Gasteiger partial charge on any atom is -0.265 e. The van der Waals surface area contributed by atoms with E-state index in [1.807, 2.05) is 12.1 Å². The lowest BCUT2D eigenvalue weighted by Gasteiger charge is -2.10. The van der Waals surface area contributed by atoms with Crippen LogP contribution in [0.4, 0.5) is 0 Å². The van der Waals surface area contributed by atoms with Gasteiger partial charge in [0.25, 0.3) is 0 Å². The van der Waals surface area contributed by atoms with E-state index in [9.17, 15) is 8.42 Å². The van der Waals surface area contributed by atoms with Crippen LogP contribution in [0.25, 0.3) is 0 Å². The lowest BCUT2D eigenvalue weighted by atomic mass is 10.1. The molecule has 0 unspecified atom stereocenters. The van der Waals surface area contributed by atoms with Gasteiger partial charge in [0.1, 0.15) is 0 Å². The smallest absolute Gasteiger partial charge is 0.238 e. The predicted molar refractivity (Wildman–Crippen MR) is 59.3 cm³/mol. The van der Waals surface area contributed by atoms with Crippen LogP contribution < -0.4 is 0 Å². The van der Waals surface area contributed by atoms with Gasteiger partial charge in [-0.15, -0.1) is 0 Å². The third-order valence-corrected chi connectivity index (χ3v) is 5.57. The molecule has 0 radical (unpaired) electrons. The molecule has 1 aliphatic carbocycles. The van der Waals surface area contributed by atoms with Crippen molar-refractivity contribution in [1.29, 1.82) is 0 Å². The van der Waals surface area contributed by atoms with Gasteiger partial charge in [-0.3, -0.25) is 4.98 Å². The second-order valence-electron chi connectivity index (χ2n) is 3.98. The van der Waals surface area contributed by atoms with E-state index in [0.29, 0.717) is 19.3 Å². The molecule has 5 heteroatoms. The van der Waals surface area contributed by atoms with Crippen molar-refractivity contribution in [2.45, 2.75) is 30.4 Å². The Hall–Kier alpha value is -0.610. The second kappa shape index (κ2) is 3.76. The number of hydrogen-bond acceptors (Lipinski definition) is 3. The predicted octanol–water partition coefficient (Wildman–Crippen LogP) is 2.12. The Kier molecular flexibility index (Phi) is 2.73. The van der Waals surface area contributed by atoms with E-state index in [2.05, 4.69) is 4.98 Å². The molecule has 0 spiro atoms. The molecule has 2 rings (SSSR count). The summed E-state index contributed by atoms with van der Waals surface area (Å²) < 4.78 is 21.9. The Bertz CT molecular complexity index is 440. The Morgan fingerprint density at radius 3 is 2.40 bits per heavy atom. The lowest BCUT2D eigenvalue weighted by molar-refractivity contribution is 0.582. The average molecular weight is 246 g/mol. The van der Waals surface area contributed by atoms with Crippen LogP contribution in [0.1, 0.15) is 24.8 Å². The quantitative estimate of drug-likeness (QED) is 0.764. The van der Waals surface area contributed by atoms with Crippen LogP contribution in [0.5, 0.6) is 0 Å². The van der Waals surface area contributed by atoms with Gasteiger partial charge in [-0.25, -0.2) is 8.42 Å². The van der Waals surface area contributed by atoms with Crippen molar-refractivity contribution in [3.8, 4) is 0 Å². The van der Waals surface area contributed by atoms with Gasteiger partial charge in [0.05, 0.1) is 4.75 Å². The highest BCUT2D eigenvalue weighted by atomic mass is 35.7. The van der Waals surface area contributed by atoms with E-state index >= 15 is 0 Å². The van der Waals surface area contributed by atoms with Gasteiger partial charge in [0, 0.05) is 23.1 Å². The van der Waals surface area contributed by atoms with Gasteiger partial charge in [0.15, 0.2) is 0 Å². The molecule has 1 aliphatic rings. The summed E-state index contributed by atoms with van der Waals surface area (Å²) in [5.41, 5.74) is 1.11. The van der Waals surface area contributed by atoms with E-state index in [1.165, 1.54) is 0 Å². The maximum absolute atomic E-state index is 11.3. The molecule has 3 nitrogen and oxygen atoms in total. The van der Waals surface area contributed by atoms with Crippen molar-refractivity contribution >= 4 is 19.7 Å². The maximum Gasteiger partial charge on any atom is 0.238 e. The van der Waals surface area contributed by atoms with Gasteiger partial charge < -0.3 is 0 Å². The molecule has 82 valence electrons. The molecule has 0 bridgehead atoms. The zero-order valence-electron chi connectivity index (χ0n) is 8.19. The summed E-state index contributed by atoms with van der Waals surface area (Å²) in [7, 11) is 2.01. The standard InChI is InChI=1S/C10H12ClNO2S/c11-15(13,14)10(5-6-10)4-1-9-2-7-12-8-3-9/h2-3,7-8H,1,4-6H2. The van der Waals surface area contributed by atoms with Crippen molar-refractivity contribution in [3.63, 3.8) is 0 Å². The number of rotatable bonds is 4. The summed E-state index contributed by atoms with van der Waals surface area (Å²) in [6.45, 7) is 0. The SMILES string of the molecule is O=S(=O)(Cl)C1(CCc2ccncc2)CC1. The number of hydrogen-bond donors (Lipinski definition) is 0. The van der Waals surface area contributed by atoms with Crippen molar-refractivity contribution in [2.75, 3.05) is 0 Å².